The number of aryl methyl sites for hydroxylation is 1. The molecule has 0 aliphatic carbocycles. The number of nitrogens with one attached hydrogen (secondary N) is 2. The standard InChI is InChI=1S/C20H34N2S/c1-7-10-11-21-20(23)22-19-17(15(5)8-2)12-14(4)13-18(19)16(6)9-3/h12-13,15-16H,7-11H2,1-6H3,(H2,21,22,23). The second-order valence-electron chi connectivity index (χ2n) is 6.67. The van der Waals surface area contributed by atoms with Crippen LogP contribution in [0, 0.1) is 6.92 Å². The maximum Gasteiger partial charge on any atom is 0.170 e. The highest BCUT2D eigenvalue weighted by Crippen LogP contribution is 2.36. The van der Waals surface area contributed by atoms with Crippen molar-refractivity contribution in [3.63, 3.8) is 0 Å². The molecule has 0 spiro atoms. The lowest BCUT2D eigenvalue weighted by atomic mass is 9.87. The van der Waals surface area contributed by atoms with Gasteiger partial charge in [0, 0.05) is 12.2 Å². The number of anilines is 1. The topological polar surface area (TPSA) is 24.1 Å². The zero-order chi connectivity index (χ0) is 17.4. The van der Waals surface area contributed by atoms with Crippen LogP contribution in [0.25, 0.3) is 0 Å². The fraction of sp³-hybridized carbons (Fsp3) is 0.650. The van der Waals surface area contributed by atoms with Crippen molar-refractivity contribution in [2.75, 3.05) is 11.9 Å². The van der Waals surface area contributed by atoms with Crippen LogP contribution in [0.2, 0.25) is 0 Å². The van der Waals surface area contributed by atoms with E-state index in [2.05, 4.69) is 64.3 Å². The van der Waals surface area contributed by atoms with E-state index in [1.807, 2.05) is 0 Å². The molecule has 2 N–H and O–H groups in total. The average molecular weight is 335 g/mol. The van der Waals surface area contributed by atoms with Crippen LogP contribution in [0.3, 0.4) is 0 Å². The molecule has 23 heavy (non-hydrogen) atoms. The molecule has 130 valence electrons. The van der Waals surface area contributed by atoms with Gasteiger partial charge in [0.05, 0.1) is 0 Å². The van der Waals surface area contributed by atoms with E-state index in [-0.39, 0.29) is 0 Å². The summed E-state index contributed by atoms with van der Waals surface area (Å²) in [5, 5.41) is 7.60. The van der Waals surface area contributed by atoms with Crippen LogP contribution in [0.4, 0.5) is 5.69 Å². The third kappa shape index (κ3) is 5.80. The molecule has 1 aromatic carbocycles. The predicted molar refractivity (Wildman–Crippen MR) is 108 cm³/mol. The SMILES string of the molecule is CCCCNC(=S)Nc1c(C(C)CC)cc(C)cc1C(C)CC. The molecule has 0 aliphatic rings. The molecule has 0 bridgehead atoms. The molecule has 0 fully saturated rings. The number of benzene rings is 1. The maximum absolute atomic E-state index is 5.52. The lowest BCUT2D eigenvalue weighted by Gasteiger charge is -2.24. The van der Waals surface area contributed by atoms with Crippen LogP contribution in [0.1, 0.15) is 88.8 Å². The molecule has 2 unspecified atom stereocenters. The molecule has 0 saturated carbocycles. The average Bonchev–Trinajstić information content (AvgIpc) is 2.54. The number of unbranched alkanes of at least 4 members (excludes halogenated alkanes) is 1. The Morgan fingerprint density at radius 3 is 2.00 bits per heavy atom. The van der Waals surface area contributed by atoms with Gasteiger partial charge in [0.1, 0.15) is 0 Å². The quantitative estimate of drug-likeness (QED) is 0.443. The minimum atomic E-state index is 0.527. The van der Waals surface area contributed by atoms with Gasteiger partial charge in [0.15, 0.2) is 5.11 Å². The van der Waals surface area contributed by atoms with Crippen molar-refractivity contribution in [3.8, 4) is 0 Å². The lowest BCUT2D eigenvalue weighted by molar-refractivity contribution is 0.713. The summed E-state index contributed by atoms with van der Waals surface area (Å²) >= 11 is 5.52. The van der Waals surface area contributed by atoms with E-state index >= 15 is 0 Å². The smallest absolute Gasteiger partial charge is 0.170 e. The molecule has 0 amide bonds. The maximum atomic E-state index is 5.52. The van der Waals surface area contributed by atoms with Gasteiger partial charge in [-0.2, -0.15) is 0 Å². The highest BCUT2D eigenvalue weighted by Gasteiger charge is 2.18. The number of rotatable bonds is 8. The highest BCUT2D eigenvalue weighted by molar-refractivity contribution is 7.80. The number of hydrogen-bond donors (Lipinski definition) is 2. The Balaban J connectivity index is 3.15. The van der Waals surface area contributed by atoms with Gasteiger partial charge in [-0.15, -0.1) is 0 Å². The number of thiocarbonyl (C=S) groups is 1. The Hall–Kier alpha value is -1.09. The minimum absolute atomic E-state index is 0.527. The van der Waals surface area contributed by atoms with E-state index in [9.17, 15) is 0 Å². The molecule has 2 nitrogen and oxygen atoms in total. The molecule has 0 aliphatic heterocycles. The highest BCUT2D eigenvalue weighted by atomic mass is 32.1. The lowest BCUT2D eigenvalue weighted by Crippen LogP contribution is -2.30. The fourth-order valence-corrected chi connectivity index (χ4v) is 2.95. The largest absolute Gasteiger partial charge is 0.362 e. The Kier molecular flexibility index (Phi) is 8.60. The summed E-state index contributed by atoms with van der Waals surface area (Å²) in [6.07, 6.45) is 4.59. The van der Waals surface area contributed by atoms with Crippen LogP contribution in [-0.2, 0) is 0 Å². The Bertz CT molecular complexity index is 479. The summed E-state index contributed by atoms with van der Waals surface area (Å²) in [7, 11) is 0. The summed E-state index contributed by atoms with van der Waals surface area (Å²) in [6, 6.07) is 4.63. The molecule has 1 aromatic rings. The van der Waals surface area contributed by atoms with Crippen LogP contribution in [-0.4, -0.2) is 11.7 Å². The van der Waals surface area contributed by atoms with Gasteiger partial charge in [-0.25, -0.2) is 0 Å². The third-order valence-electron chi connectivity index (χ3n) is 4.68. The second kappa shape index (κ2) is 9.92. The van der Waals surface area contributed by atoms with Crippen molar-refractivity contribution < 1.29 is 0 Å². The first-order valence-electron chi connectivity index (χ1n) is 9.13. The minimum Gasteiger partial charge on any atom is -0.362 e. The monoisotopic (exact) mass is 334 g/mol. The van der Waals surface area contributed by atoms with E-state index < -0.39 is 0 Å². The summed E-state index contributed by atoms with van der Waals surface area (Å²) in [4.78, 5) is 0. The van der Waals surface area contributed by atoms with E-state index in [0.29, 0.717) is 11.8 Å². The zero-order valence-electron chi connectivity index (χ0n) is 15.8. The molecule has 1 rings (SSSR count). The normalized spacial score (nSPS) is 13.5. The summed E-state index contributed by atoms with van der Waals surface area (Å²) < 4.78 is 0. The van der Waals surface area contributed by atoms with Crippen molar-refractivity contribution >= 4 is 23.0 Å². The molecule has 0 saturated heterocycles. The molecular formula is C20H34N2S. The molecule has 3 heteroatoms. The summed E-state index contributed by atoms with van der Waals surface area (Å²) in [6.45, 7) is 14.4. The van der Waals surface area contributed by atoms with Crippen LogP contribution < -0.4 is 10.6 Å². The Labute approximate surface area is 148 Å². The van der Waals surface area contributed by atoms with E-state index in [0.717, 1.165) is 30.9 Å². The summed E-state index contributed by atoms with van der Waals surface area (Å²) in [5.74, 6) is 1.05. The van der Waals surface area contributed by atoms with Gasteiger partial charge >= 0.3 is 0 Å². The number of hydrogen-bond acceptors (Lipinski definition) is 1. The Morgan fingerprint density at radius 2 is 1.57 bits per heavy atom. The van der Waals surface area contributed by atoms with Crippen LogP contribution in [0.5, 0.6) is 0 Å². The van der Waals surface area contributed by atoms with E-state index in [1.54, 1.807) is 0 Å². The van der Waals surface area contributed by atoms with E-state index in [4.69, 9.17) is 12.2 Å². The van der Waals surface area contributed by atoms with Gasteiger partial charge in [0.25, 0.3) is 0 Å². The van der Waals surface area contributed by atoms with Crippen molar-refractivity contribution in [2.24, 2.45) is 0 Å². The van der Waals surface area contributed by atoms with Crippen LogP contribution >= 0.6 is 12.2 Å². The van der Waals surface area contributed by atoms with Crippen molar-refractivity contribution in [1.82, 2.24) is 5.32 Å². The van der Waals surface area contributed by atoms with Gasteiger partial charge in [-0.05, 0) is 61.4 Å². The van der Waals surface area contributed by atoms with Gasteiger partial charge in [-0.1, -0.05) is 58.7 Å². The van der Waals surface area contributed by atoms with Crippen molar-refractivity contribution in [2.45, 2.75) is 79.1 Å². The fourth-order valence-electron chi connectivity index (χ4n) is 2.74. The molecule has 0 heterocycles. The second-order valence-corrected chi connectivity index (χ2v) is 7.08. The third-order valence-corrected chi connectivity index (χ3v) is 4.93. The van der Waals surface area contributed by atoms with Gasteiger partial charge < -0.3 is 10.6 Å². The zero-order valence-corrected chi connectivity index (χ0v) is 16.6. The van der Waals surface area contributed by atoms with E-state index in [1.165, 1.54) is 28.8 Å². The predicted octanol–water partition coefficient (Wildman–Crippen LogP) is 6.11. The summed E-state index contributed by atoms with van der Waals surface area (Å²) in [5.41, 5.74) is 5.35. The van der Waals surface area contributed by atoms with Crippen LogP contribution in [0.15, 0.2) is 12.1 Å². The molecule has 0 radical (unpaired) electrons. The van der Waals surface area contributed by atoms with Crippen molar-refractivity contribution in [3.05, 3.63) is 28.8 Å². The first-order chi connectivity index (χ1) is 10.9. The first-order valence-corrected chi connectivity index (χ1v) is 9.54. The van der Waals surface area contributed by atoms with Crippen molar-refractivity contribution in [1.29, 1.82) is 0 Å². The Morgan fingerprint density at radius 1 is 1.04 bits per heavy atom. The molecule has 2 atom stereocenters. The molecular weight excluding hydrogens is 300 g/mol. The first kappa shape index (κ1) is 20.0. The molecule has 0 aromatic heterocycles. The van der Waals surface area contributed by atoms with Gasteiger partial charge in [0.2, 0.25) is 0 Å². The van der Waals surface area contributed by atoms with Gasteiger partial charge in [-0.3, -0.25) is 0 Å².